The van der Waals surface area contributed by atoms with E-state index >= 15 is 0 Å². The van der Waals surface area contributed by atoms with E-state index in [4.69, 9.17) is 0 Å². The highest BCUT2D eigenvalue weighted by molar-refractivity contribution is 7.00. The van der Waals surface area contributed by atoms with E-state index in [9.17, 15) is 0 Å². The maximum absolute atomic E-state index is 2.52. The molecule has 11 aromatic carbocycles. The molecule has 0 aliphatic carbocycles. The van der Waals surface area contributed by atoms with Crippen LogP contribution in [0.5, 0.6) is 0 Å². The highest BCUT2D eigenvalue weighted by atomic mass is 15.2. The Balaban J connectivity index is 1.01. The number of hydrogen-bond donors (Lipinski definition) is 0. The predicted octanol–water partition coefficient (Wildman–Crippen LogP) is 15.3. The monoisotopic (exact) mass is 902 g/mol. The minimum atomic E-state index is -0.0826. The summed E-state index contributed by atoms with van der Waals surface area (Å²) in [5.74, 6) is 0. The van der Waals surface area contributed by atoms with Crippen LogP contribution in [0.25, 0.3) is 77.2 Å². The normalized spacial score (nSPS) is 12.7. The number of nitrogens with zero attached hydrogens (tertiary/aromatic N) is 4. The Morgan fingerprint density at radius 1 is 0.268 bits per heavy atom. The van der Waals surface area contributed by atoms with Gasteiger partial charge in [0, 0.05) is 67.0 Å². The minimum absolute atomic E-state index is 0.0826. The summed E-state index contributed by atoms with van der Waals surface area (Å²) in [4.78, 5) is 4.99. The van der Waals surface area contributed by atoms with Crippen LogP contribution in [0.3, 0.4) is 0 Å². The van der Waals surface area contributed by atoms with Crippen LogP contribution >= 0.6 is 0 Å². The molecule has 0 atom stereocenters. The summed E-state index contributed by atoms with van der Waals surface area (Å²) in [5, 5.41) is 5.00. The Bertz CT molecular complexity index is 3970. The maximum Gasteiger partial charge on any atom is 0.252 e. The molecule has 0 amide bonds. The van der Waals surface area contributed by atoms with Crippen LogP contribution in [0, 0.1) is 0 Å². The quantitative estimate of drug-likeness (QED) is 0.155. The zero-order valence-corrected chi connectivity index (χ0v) is 38.7. The summed E-state index contributed by atoms with van der Waals surface area (Å²) in [7, 11) is 0. The fourth-order valence-corrected chi connectivity index (χ4v) is 12.2. The van der Waals surface area contributed by atoms with Crippen LogP contribution in [0.15, 0.2) is 261 Å². The molecule has 0 bridgehead atoms. The fraction of sp³-hybridized carbons (Fsp3) is 0. The first-order chi connectivity index (χ1) is 35.3. The van der Waals surface area contributed by atoms with E-state index in [1.54, 1.807) is 0 Å². The summed E-state index contributed by atoms with van der Waals surface area (Å²) in [6, 6.07) is 96.1. The molecular formula is C66H43BN4. The van der Waals surface area contributed by atoms with Gasteiger partial charge in [-0.1, -0.05) is 164 Å². The standard InChI is InChI=1S/C66H43BN4/c1-5-20-46(21-6-1)68-56-32-15-13-28-52(56)64-50(30-17-34-60(64)68)44-38-40-58-54(42-44)67-55-43-45(51-31-18-35-61-65(51)53-29-14-16-33-57(53)69(61)47-22-7-2-8-23-47)39-41-59(55)71(49-26-11-4-12-27-49)63-37-19-36-62(66(63)67)70(58)48-24-9-3-10-25-48/h1-43H. The van der Waals surface area contributed by atoms with Crippen LogP contribution in [0.1, 0.15) is 0 Å². The van der Waals surface area contributed by atoms with Gasteiger partial charge in [-0.3, -0.25) is 0 Å². The number of hydrogen-bond acceptors (Lipinski definition) is 2. The Morgan fingerprint density at radius 3 is 1.07 bits per heavy atom. The van der Waals surface area contributed by atoms with Gasteiger partial charge in [0.05, 0.1) is 22.1 Å². The van der Waals surface area contributed by atoms with Crippen molar-refractivity contribution in [3.8, 4) is 33.6 Å². The zero-order chi connectivity index (χ0) is 46.6. The van der Waals surface area contributed by atoms with Crippen LogP contribution < -0.4 is 26.2 Å². The molecule has 13 aromatic rings. The molecule has 0 spiro atoms. The molecular weight excluding hydrogens is 860 g/mol. The Kier molecular flexibility index (Phi) is 8.72. The van der Waals surface area contributed by atoms with E-state index in [0.29, 0.717) is 0 Å². The van der Waals surface area contributed by atoms with Gasteiger partial charge in [-0.05, 0) is 136 Å². The van der Waals surface area contributed by atoms with Crippen molar-refractivity contribution in [2.24, 2.45) is 0 Å². The molecule has 71 heavy (non-hydrogen) atoms. The highest BCUT2D eigenvalue weighted by Gasteiger charge is 2.43. The number of aromatic nitrogens is 2. The smallest absolute Gasteiger partial charge is 0.252 e. The molecule has 2 aromatic heterocycles. The summed E-state index contributed by atoms with van der Waals surface area (Å²) >= 11 is 0. The Labute approximate surface area is 412 Å². The van der Waals surface area contributed by atoms with Crippen LogP contribution in [0.4, 0.5) is 34.1 Å². The van der Waals surface area contributed by atoms with Crippen molar-refractivity contribution in [3.63, 3.8) is 0 Å². The number of fused-ring (bicyclic) bond motifs is 10. The molecule has 0 N–H and O–H groups in total. The summed E-state index contributed by atoms with van der Waals surface area (Å²) in [5.41, 5.74) is 22.8. The van der Waals surface area contributed by atoms with Gasteiger partial charge in [0.25, 0.3) is 6.71 Å². The predicted molar refractivity (Wildman–Crippen MR) is 300 cm³/mol. The zero-order valence-electron chi connectivity index (χ0n) is 38.7. The Hall–Kier alpha value is -9.32. The summed E-state index contributed by atoms with van der Waals surface area (Å²) in [6.07, 6.45) is 0. The molecule has 0 saturated heterocycles. The first-order valence-electron chi connectivity index (χ1n) is 24.6. The van der Waals surface area contributed by atoms with Gasteiger partial charge in [0.15, 0.2) is 0 Å². The third kappa shape index (κ3) is 5.87. The molecule has 0 radical (unpaired) electrons. The van der Waals surface area contributed by atoms with E-state index in [0.717, 1.165) is 22.7 Å². The van der Waals surface area contributed by atoms with Crippen LogP contribution in [0.2, 0.25) is 0 Å². The van der Waals surface area contributed by atoms with Crippen molar-refractivity contribution < 1.29 is 0 Å². The summed E-state index contributed by atoms with van der Waals surface area (Å²) in [6.45, 7) is -0.0826. The SMILES string of the molecule is c1ccc(N2c3ccc(-c4cccc5c4c4ccccc4n5-c4ccccc4)cc3B3c4cc(-c5cccc6c5c5ccccc5n6-c5ccccc5)ccc4N(c4ccccc4)c4cccc2c43)cc1. The average molecular weight is 903 g/mol. The van der Waals surface area contributed by atoms with Gasteiger partial charge in [-0.25, -0.2) is 0 Å². The van der Waals surface area contributed by atoms with Gasteiger partial charge in [-0.15, -0.1) is 0 Å². The largest absolute Gasteiger partial charge is 0.311 e. The molecule has 5 heteroatoms. The van der Waals surface area contributed by atoms with E-state index in [2.05, 4.69) is 280 Å². The molecule has 4 heterocycles. The second-order valence-corrected chi connectivity index (χ2v) is 18.8. The molecule has 0 fully saturated rings. The van der Waals surface area contributed by atoms with Crippen molar-refractivity contribution in [1.29, 1.82) is 0 Å². The second kappa shape index (κ2) is 15.6. The number of benzene rings is 11. The van der Waals surface area contributed by atoms with Gasteiger partial charge in [0.2, 0.25) is 0 Å². The molecule has 330 valence electrons. The van der Waals surface area contributed by atoms with E-state index in [1.807, 2.05) is 0 Å². The van der Waals surface area contributed by atoms with Crippen molar-refractivity contribution in [2.75, 3.05) is 9.80 Å². The van der Waals surface area contributed by atoms with Crippen molar-refractivity contribution >= 4 is 101 Å². The van der Waals surface area contributed by atoms with Gasteiger partial charge in [0.1, 0.15) is 0 Å². The highest BCUT2D eigenvalue weighted by Crippen LogP contribution is 2.47. The first kappa shape index (κ1) is 39.7. The molecule has 15 rings (SSSR count). The number of anilines is 6. The number of rotatable bonds is 6. The third-order valence-corrected chi connectivity index (χ3v) is 15.1. The first-order valence-corrected chi connectivity index (χ1v) is 24.6. The summed E-state index contributed by atoms with van der Waals surface area (Å²) < 4.78 is 4.84. The topological polar surface area (TPSA) is 16.3 Å². The van der Waals surface area contributed by atoms with Gasteiger partial charge in [-0.2, -0.15) is 0 Å². The molecule has 2 aliphatic rings. The van der Waals surface area contributed by atoms with Gasteiger partial charge < -0.3 is 18.9 Å². The third-order valence-electron chi connectivity index (χ3n) is 15.1. The Morgan fingerprint density at radius 2 is 0.634 bits per heavy atom. The van der Waals surface area contributed by atoms with Crippen molar-refractivity contribution in [2.45, 2.75) is 0 Å². The lowest BCUT2D eigenvalue weighted by Crippen LogP contribution is -2.61. The second-order valence-electron chi connectivity index (χ2n) is 18.8. The fourth-order valence-electron chi connectivity index (χ4n) is 12.2. The van der Waals surface area contributed by atoms with Gasteiger partial charge >= 0.3 is 0 Å². The lowest BCUT2D eigenvalue weighted by Gasteiger charge is -2.44. The van der Waals surface area contributed by atoms with Crippen molar-refractivity contribution in [3.05, 3.63) is 261 Å². The van der Waals surface area contributed by atoms with E-state index in [-0.39, 0.29) is 6.71 Å². The molecule has 0 saturated carbocycles. The molecule has 0 unspecified atom stereocenters. The maximum atomic E-state index is 2.52. The number of para-hydroxylation sites is 6. The lowest BCUT2D eigenvalue weighted by molar-refractivity contribution is 1.18. The van der Waals surface area contributed by atoms with E-state index in [1.165, 1.54) is 105 Å². The molecule has 4 nitrogen and oxygen atoms in total. The minimum Gasteiger partial charge on any atom is -0.311 e. The van der Waals surface area contributed by atoms with Crippen molar-refractivity contribution in [1.82, 2.24) is 9.13 Å². The lowest BCUT2D eigenvalue weighted by atomic mass is 9.33. The average Bonchev–Trinajstić information content (AvgIpc) is 3.97. The van der Waals surface area contributed by atoms with E-state index < -0.39 is 0 Å². The van der Waals surface area contributed by atoms with Crippen LogP contribution in [-0.4, -0.2) is 15.8 Å². The van der Waals surface area contributed by atoms with Crippen LogP contribution in [-0.2, 0) is 0 Å². The molecule has 2 aliphatic heterocycles.